The number of rotatable bonds is 3. The topological polar surface area (TPSA) is 32.5 Å². The minimum atomic E-state index is -0.0486. The number of hydrogen-bond donors (Lipinski definition) is 1. The lowest BCUT2D eigenvalue weighted by atomic mass is 9.93. The molecule has 0 radical (unpaired) electrons. The summed E-state index contributed by atoms with van der Waals surface area (Å²) < 4.78 is 0. The molecule has 0 unspecified atom stereocenters. The van der Waals surface area contributed by atoms with Crippen LogP contribution in [0, 0.1) is 0 Å². The molecule has 3 heteroatoms. The highest BCUT2D eigenvalue weighted by molar-refractivity contribution is 4.84. The Labute approximate surface area is 106 Å². The molecule has 0 aromatic carbocycles. The largest absolute Gasteiger partial charge is 0.324 e. The zero-order valence-corrected chi connectivity index (χ0v) is 11.6. The number of nitrogens with two attached hydrogens (primary N) is 1. The van der Waals surface area contributed by atoms with Crippen molar-refractivity contribution in [3.05, 3.63) is 0 Å². The van der Waals surface area contributed by atoms with Crippen molar-refractivity contribution in [1.29, 1.82) is 0 Å². The second-order valence-corrected chi connectivity index (χ2v) is 6.59. The summed E-state index contributed by atoms with van der Waals surface area (Å²) in [6.45, 7) is 10.2. The summed E-state index contributed by atoms with van der Waals surface area (Å²) in [5, 5.41) is 0. The van der Waals surface area contributed by atoms with Gasteiger partial charge in [-0.25, -0.2) is 0 Å². The molecule has 2 rings (SSSR count). The lowest BCUT2D eigenvalue weighted by Gasteiger charge is -2.42. The third-order valence-corrected chi connectivity index (χ3v) is 4.13. The van der Waals surface area contributed by atoms with Crippen molar-refractivity contribution in [2.24, 2.45) is 5.73 Å². The highest BCUT2D eigenvalue weighted by Crippen LogP contribution is 2.23. The smallest absolute Gasteiger partial charge is 0.0226 e. The molecular weight excluding hydrogens is 210 g/mol. The van der Waals surface area contributed by atoms with Crippen LogP contribution in [0.1, 0.15) is 46.0 Å². The Bertz CT molecular complexity index is 220. The molecule has 0 amide bonds. The summed E-state index contributed by atoms with van der Waals surface area (Å²) in [6, 6.07) is 0.886. The van der Waals surface area contributed by atoms with E-state index in [4.69, 9.17) is 5.73 Å². The Balaban J connectivity index is 1.73. The van der Waals surface area contributed by atoms with E-state index in [-0.39, 0.29) is 5.54 Å². The second kappa shape index (κ2) is 5.68. The molecule has 0 atom stereocenters. The first-order chi connectivity index (χ1) is 8.04. The van der Waals surface area contributed by atoms with E-state index in [1.54, 1.807) is 0 Å². The SMILES string of the molecule is CC(C)(N)CN1CCN(C2CCCCC2)CC1. The highest BCUT2D eigenvalue weighted by atomic mass is 15.3. The summed E-state index contributed by atoms with van der Waals surface area (Å²) in [5.74, 6) is 0. The van der Waals surface area contributed by atoms with E-state index in [1.807, 2.05) is 0 Å². The van der Waals surface area contributed by atoms with Crippen molar-refractivity contribution in [3.8, 4) is 0 Å². The molecule has 1 aliphatic carbocycles. The van der Waals surface area contributed by atoms with Crippen LogP contribution in [0.4, 0.5) is 0 Å². The van der Waals surface area contributed by atoms with Crippen LogP contribution in [-0.4, -0.2) is 54.1 Å². The Kier molecular flexibility index (Phi) is 4.45. The van der Waals surface area contributed by atoms with E-state index in [0.29, 0.717) is 0 Å². The summed E-state index contributed by atoms with van der Waals surface area (Å²) in [5.41, 5.74) is 6.04. The zero-order chi connectivity index (χ0) is 12.3. The number of piperazine rings is 1. The molecule has 0 aromatic rings. The predicted molar refractivity (Wildman–Crippen MR) is 73.2 cm³/mol. The third-order valence-electron chi connectivity index (χ3n) is 4.13. The van der Waals surface area contributed by atoms with Crippen molar-refractivity contribution in [2.45, 2.75) is 57.5 Å². The van der Waals surface area contributed by atoms with Gasteiger partial charge in [0.05, 0.1) is 0 Å². The maximum Gasteiger partial charge on any atom is 0.0226 e. The molecule has 1 saturated carbocycles. The molecule has 0 spiro atoms. The van der Waals surface area contributed by atoms with Gasteiger partial charge in [0.15, 0.2) is 0 Å². The van der Waals surface area contributed by atoms with Gasteiger partial charge in [0.2, 0.25) is 0 Å². The normalized spacial score (nSPS) is 26.3. The maximum absolute atomic E-state index is 6.09. The van der Waals surface area contributed by atoms with Crippen LogP contribution in [-0.2, 0) is 0 Å². The first-order valence-corrected chi connectivity index (χ1v) is 7.30. The summed E-state index contributed by atoms with van der Waals surface area (Å²) in [7, 11) is 0. The van der Waals surface area contributed by atoms with Gasteiger partial charge in [0.1, 0.15) is 0 Å². The van der Waals surface area contributed by atoms with Gasteiger partial charge in [-0.15, -0.1) is 0 Å². The monoisotopic (exact) mass is 239 g/mol. The van der Waals surface area contributed by atoms with E-state index in [0.717, 1.165) is 12.6 Å². The summed E-state index contributed by atoms with van der Waals surface area (Å²) in [6.07, 6.45) is 7.21. The quantitative estimate of drug-likeness (QED) is 0.813. The van der Waals surface area contributed by atoms with Crippen molar-refractivity contribution >= 4 is 0 Å². The van der Waals surface area contributed by atoms with Gasteiger partial charge in [-0.2, -0.15) is 0 Å². The minimum Gasteiger partial charge on any atom is -0.324 e. The fourth-order valence-electron chi connectivity index (χ4n) is 3.31. The molecule has 2 N–H and O–H groups in total. The van der Waals surface area contributed by atoms with Crippen LogP contribution >= 0.6 is 0 Å². The Morgan fingerprint density at radius 2 is 1.59 bits per heavy atom. The molecule has 0 bridgehead atoms. The van der Waals surface area contributed by atoms with Crippen molar-refractivity contribution in [1.82, 2.24) is 9.80 Å². The zero-order valence-electron chi connectivity index (χ0n) is 11.6. The number of hydrogen-bond acceptors (Lipinski definition) is 3. The molecule has 1 aliphatic heterocycles. The van der Waals surface area contributed by atoms with Crippen LogP contribution in [0.5, 0.6) is 0 Å². The lowest BCUT2D eigenvalue weighted by molar-refractivity contribution is 0.0704. The molecular formula is C14H29N3. The van der Waals surface area contributed by atoms with Gasteiger partial charge >= 0.3 is 0 Å². The Morgan fingerprint density at radius 1 is 1.00 bits per heavy atom. The molecule has 0 aromatic heterocycles. The molecule has 3 nitrogen and oxygen atoms in total. The fraction of sp³-hybridized carbons (Fsp3) is 1.00. The van der Waals surface area contributed by atoms with Gasteiger partial charge < -0.3 is 5.73 Å². The molecule has 1 heterocycles. The van der Waals surface area contributed by atoms with E-state index in [9.17, 15) is 0 Å². The predicted octanol–water partition coefficient (Wildman–Crippen LogP) is 1.67. The van der Waals surface area contributed by atoms with Crippen molar-refractivity contribution in [3.63, 3.8) is 0 Å². The van der Waals surface area contributed by atoms with Crippen LogP contribution in [0.2, 0.25) is 0 Å². The fourth-order valence-corrected chi connectivity index (χ4v) is 3.31. The minimum absolute atomic E-state index is 0.0486. The summed E-state index contributed by atoms with van der Waals surface area (Å²) in [4.78, 5) is 5.25. The van der Waals surface area contributed by atoms with Gasteiger partial charge in [0, 0.05) is 44.3 Å². The van der Waals surface area contributed by atoms with Gasteiger partial charge in [0.25, 0.3) is 0 Å². The van der Waals surface area contributed by atoms with Crippen LogP contribution in [0.15, 0.2) is 0 Å². The Hall–Kier alpha value is -0.120. The third kappa shape index (κ3) is 4.23. The average molecular weight is 239 g/mol. The second-order valence-electron chi connectivity index (χ2n) is 6.59. The maximum atomic E-state index is 6.09. The van der Waals surface area contributed by atoms with Gasteiger partial charge in [-0.3, -0.25) is 9.80 Å². The molecule has 2 fully saturated rings. The van der Waals surface area contributed by atoms with Crippen molar-refractivity contribution < 1.29 is 0 Å². The van der Waals surface area contributed by atoms with Gasteiger partial charge in [-0.05, 0) is 26.7 Å². The standard InChI is InChI=1S/C14H29N3/c1-14(2,15)12-16-8-10-17(11-9-16)13-6-4-3-5-7-13/h13H,3-12,15H2,1-2H3. The highest BCUT2D eigenvalue weighted by Gasteiger charge is 2.26. The molecule has 1 saturated heterocycles. The van der Waals surface area contributed by atoms with E-state index >= 15 is 0 Å². The van der Waals surface area contributed by atoms with E-state index < -0.39 is 0 Å². The van der Waals surface area contributed by atoms with E-state index in [1.165, 1.54) is 58.3 Å². The lowest BCUT2D eigenvalue weighted by Crippen LogP contribution is -2.55. The Morgan fingerprint density at radius 3 is 2.12 bits per heavy atom. The van der Waals surface area contributed by atoms with Crippen LogP contribution < -0.4 is 5.73 Å². The summed E-state index contributed by atoms with van der Waals surface area (Å²) >= 11 is 0. The molecule has 100 valence electrons. The first-order valence-electron chi connectivity index (χ1n) is 7.30. The first kappa shape index (κ1) is 13.3. The van der Waals surface area contributed by atoms with Gasteiger partial charge in [-0.1, -0.05) is 19.3 Å². The van der Waals surface area contributed by atoms with Crippen LogP contribution in [0.25, 0.3) is 0 Å². The molecule has 2 aliphatic rings. The van der Waals surface area contributed by atoms with E-state index in [2.05, 4.69) is 23.6 Å². The molecule has 17 heavy (non-hydrogen) atoms. The average Bonchev–Trinajstić information content (AvgIpc) is 2.29. The van der Waals surface area contributed by atoms with Crippen LogP contribution in [0.3, 0.4) is 0 Å². The number of nitrogens with zero attached hydrogens (tertiary/aromatic N) is 2. The van der Waals surface area contributed by atoms with Crippen molar-refractivity contribution in [2.75, 3.05) is 32.7 Å².